The van der Waals surface area contributed by atoms with E-state index in [-0.39, 0.29) is 4.90 Å². The Hall–Kier alpha value is -1.07. The van der Waals surface area contributed by atoms with E-state index < -0.39 is 10.0 Å². The van der Waals surface area contributed by atoms with Gasteiger partial charge in [0.2, 0.25) is 10.0 Å². The summed E-state index contributed by atoms with van der Waals surface area (Å²) in [6, 6.07) is 3.45. The molecule has 0 aliphatic heterocycles. The summed E-state index contributed by atoms with van der Waals surface area (Å²) < 4.78 is 28.6. The molecule has 4 nitrogen and oxygen atoms in total. The number of aryl methyl sites for hydroxylation is 2. The van der Waals surface area contributed by atoms with Crippen LogP contribution < -0.4 is 9.88 Å². The molecule has 0 fully saturated rings. The Morgan fingerprint density at radius 1 is 1.21 bits per heavy atom. The highest BCUT2D eigenvalue weighted by Gasteiger charge is 2.16. The minimum absolute atomic E-state index is 0.196. The number of hydrogen-bond donors (Lipinski definition) is 1. The molecule has 19 heavy (non-hydrogen) atoms. The SMILES string of the molecule is Cc1cc(OCCCC(C)C)cc(C)c1S(N)(=O)=O. The van der Waals surface area contributed by atoms with Crippen molar-refractivity contribution < 1.29 is 13.2 Å². The van der Waals surface area contributed by atoms with Gasteiger partial charge in [-0.3, -0.25) is 0 Å². The Bertz CT molecular complexity index is 513. The molecule has 2 N–H and O–H groups in total. The smallest absolute Gasteiger partial charge is 0.238 e. The molecule has 0 saturated carbocycles. The van der Waals surface area contributed by atoms with Crippen LogP contribution in [0.1, 0.15) is 37.8 Å². The van der Waals surface area contributed by atoms with E-state index in [2.05, 4.69) is 13.8 Å². The van der Waals surface area contributed by atoms with Crippen molar-refractivity contribution in [3.63, 3.8) is 0 Å². The van der Waals surface area contributed by atoms with Gasteiger partial charge in [0, 0.05) is 0 Å². The van der Waals surface area contributed by atoms with E-state index >= 15 is 0 Å². The highest BCUT2D eigenvalue weighted by Crippen LogP contribution is 2.25. The van der Waals surface area contributed by atoms with Gasteiger partial charge in [0.25, 0.3) is 0 Å². The van der Waals surface area contributed by atoms with Crippen molar-refractivity contribution in [3.05, 3.63) is 23.3 Å². The molecule has 5 heteroatoms. The second-order valence-electron chi connectivity index (χ2n) is 5.32. The van der Waals surface area contributed by atoms with Crippen molar-refractivity contribution in [2.45, 2.75) is 45.4 Å². The lowest BCUT2D eigenvalue weighted by Crippen LogP contribution is -2.15. The molecule has 0 radical (unpaired) electrons. The molecule has 0 aromatic heterocycles. The van der Waals surface area contributed by atoms with E-state index in [1.54, 1.807) is 26.0 Å². The lowest BCUT2D eigenvalue weighted by molar-refractivity contribution is 0.297. The van der Waals surface area contributed by atoms with Gasteiger partial charge in [0.15, 0.2) is 0 Å². The van der Waals surface area contributed by atoms with Crippen LogP contribution in [-0.2, 0) is 10.0 Å². The molecule has 0 aliphatic carbocycles. The molecule has 0 atom stereocenters. The van der Waals surface area contributed by atoms with E-state index in [1.165, 1.54) is 0 Å². The third-order valence-electron chi connectivity index (χ3n) is 2.91. The van der Waals surface area contributed by atoms with Gasteiger partial charge in [-0.1, -0.05) is 13.8 Å². The summed E-state index contributed by atoms with van der Waals surface area (Å²) in [6.45, 7) is 8.46. The zero-order valence-electron chi connectivity index (χ0n) is 12.1. The van der Waals surface area contributed by atoms with E-state index in [4.69, 9.17) is 9.88 Å². The second-order valence-corrected chi connectivity index (χ2v) is 6.81. The third-order valence-corrected chi connectivity index (χ3v) is 4.13. The minimum Gasteiger partial charge on any atom is -0.494 e. The largest absolute Gasteiger partial charge is 0.494 e. The zero-order valence-corrected chi connectivity index (χ0v) is 12.9. The van der Waals surface area contributed by atoms with Crippen LogP contribution in [0.25, 0.3) is 0 Å². The van der Waals surface area contributed by atoms with Crippen LogP contribution in [-0.4, -0.2) is 15.0 Å². The van der Waals surface area contributed by atoms with Crippen LogP contribution in [0.5, 0.6) is 5.75 Å². The Morgan fingerprint density at radius 2 is 1.74 bits per heavy atom. The molecular formula is C14H23NO3S. The quantitative estimate of drug-likeness (QED) is 0.817. The lowest BCUT2D eigenvalue weighted by Gasteiger charge is -2.12. The first-order valence-corrected chi connectivity index (χ1v) is 8.03. The zero-order chi connectivity index (χ0) is 14.6. The Kier molecular flexibility index (Phi) is 5.38. The summed E-state index contributed by atoms with van der Waals surface area (Å²) >= 11 is 0. The van der Waals surface area contributed by atoms with Gasteiger partial charge in [-0.2, -0.15) is 0 Å². The molecule has 0 bridgehead atoms. The second kappa shape index (κ2) is 6.39. The van der Waals surface area contributed by atoms with Gasteiger partial charge < -0.3 is 4.74 Å². The van der Waals surface area contributed by atoms with Crippen molar-refractivity contribution in [3.8, 4) is 5.75 Å². The molecule has 0 spiro atoms. The number of primary sulfonamides is 1. The molecule has 0 amide bonds. The summed E-state index contributed by atoms with van der Waals surface area (Å²) in [5, 5.41) is 5.19. The maximum atomic E-state index is 11.5. The molecule has 0 heterocycles. The number of rotatable bonds is 6. The Morgan fingerprint density at radius 3 is 2.16 bits per heavy atom. The average Bonchev–Trinajstić information content (AvgIpc) is 2.21. The first kappa shape index (κ1) is 16.0. The molecular weight excluding hydrogens is 262 g/mol. The van der Waals surface area contributed by atoms with Crippen LogP contribution in [0.4, 0.5) is 0 Å². The Balaban J connectivity index is 2.79. The van der Waals surface area contributed by atoms with Gasteiger partial charge >= 0.3 is 0 Å². The predicted octanol–water partition coefficient (Wildman–Crippen LogP) is 2.77. The van der Waals surface area contributed by atoms with E-state index in [0.717, 1.165) is 12.8 Å². The molecule has 1 aromatic rings. The molecule has 0 aliphatic rings. The van der Waals surface area contributed by atoms with Crippen molar-refractivity contribution in [2.24, 2.45) is 11.1 Å². The topological polar surface area (TPSA) is 69.4 Å². The van der Waals surface area contributed by atoms with E-state index in [1.807, 2.05) is 0 Å². The summed E-state index contributed by atoms with van der Waals surface area (Å²) in [6.07, 6.45) is 2.11. The molecule has 0 saturated heterocycles. The third kappa shape index (κ3) is 4.84. The van der Waals surface area contributed by atoms with Crippen LogP contribution >= 0.6 is 0 Å². The highest BCUT2D eigenvalue weighted by atomic mass is 32.2. The average molecular weight is 285 g/mol. The maximum Gasteiger partial charge on any atom is 0.238 e. The summed E-state index contributed by atoms with van der Waals surface area (Å²) in [7, 11) is -3.67. The summed E-state index contributed by atoms with van der Waals surface area (Å²) in [5.74, 6) is 1.36. The minimum atomic E-state index is -3.67. The monoisotopic (exact) mass is 285 g/mol. The summed E-state index contributed by atoms with van der Waals surface area (Å²) in [4.78, 5) is 0.196. The fourth-order valence-corrected chi connectivity index (χ4v) is 3.14. The van der Waals surface area contributed by atoms with E-state index in [9.17, 15) is 8.42 Å². The highest BCUT2D eigenvalue weighted by molar-refractivity contribution is 7.89. The van der Waals surface area contributed by atoms with Gasteiger partial charge in [0.1, 0.15) is 5.75 Å². The molecule has 0 unspecified atom stereocenters. The predicted molar refractivity (Wildman–Crippen MR) is 76.9 cm³/mol. The molecule has 1 rings (SSSR count). The number of nitrogens with two attached hydrogens (primary N) is 1. The first-order chi connectivity index (χ1) is 8.71. The number of ether oxygens (including phenoxy) is 1. The molecule has 108 valence electrons. The van der Waals surface area contributed by atoms with Crippen LogP contribution in [0.3, 0.4) is 0 Å². The van der Waals surface area contributed by atoms with Crippen LogP contribution in [0, 0.1) is 19.8 Å². The summed E-state index contributed by atoms with van der Waals surface area (Å²) in [5.41, 5.74) is 1.25. The van der Waals surface area contributed by atoms with E-state index in [0.29, 0.717) is 29.4 Å². The van der Waals surface area contributed by atoms with Gasteiger partial charge in [-0.15, -0.1) is 0 Å². The molecule has 1 aromatic carbocycles. The maximum absolute atomic E-state index is 11.5. The number of hydrogen-bond acceptors (Lipinski definition) is 3. The van der Waals surface area contributed by atoms with Crippen molar-refractivity contribution in [1.82, 2.24) is 0 Å². The van der Waals surface area contributed by atoms with Gasteiger partial charge in [-0.05, 0) is 55.9 Å². The van der Waals surface area contributed by atoms with Crippen LogP contribution in [0.15, 0.2) is 17.0 Å². The number of sulfonamides is 1. The first-order valence-electron chi connectivity index (χ1n) is 6.48. The standard InChI is InChI=1S/C14H23NO3S/c1-10(2)6-5-7-18-13-8-11(3)14(12(4)9-13)19(15,16)17/h8-10H,5-7H2,1-4H3,(H2,15,16,17). The fraction of sp³-hybridized carbons (Fsp3) is 0.571. The number of benzene rings is 1. The van der Waals surface area contributed by atoms with Gasteiger partial charge in [-0.25, -0.2) is 13.6 Å². The van der Waals surface area contributed by atoms with Crippen LogP contribution in [0.2, 0.25) is 0 Å². The lowest BCUT2D eigenvalue weighted by atomic mass is 10.1. The normalized spacial score (nSPS) is 11.9. The van der Waals surface area contributed by atoms with Crippen molar-refractivity contribution >= 4 is 10.0 Å². The fourth-order valence-electron chi connectivity index (χ4n) is 2.12. The van der Waals surface area contributed by atoms with Crippen molar-refractivity contribution in [1.29, 1.82) is 0 Å². The van der Waals surface area contributed by atoms with Crippen molar-refractivity contribution in [2.75, 3.05) is 6.61 Å². The Labute approximate surface area is 116 Å². The van der Waals surface area contributed by atoms with Gasteiger partial charge in [0.05, 0.1) is 11.5 Å².